The minimum absolute atomic E-state index is 0.0570. The highest BCUT2D eigenvalue weighted by atomic mass is 32.2. The molecule has 1 heterocycles. The van der Waals surface area contributed by atoms with Gasteiger partial charge in [0.25, 0.3) is 0 Å². The second-order valence-electron chi connectivity index (χ2n) is 2.00. The molecule has 1 atom stereocenters. The first-order chi connectivity index (χ1) is 4.74. The lowest BCUT2D eigenvalue weighted by atomic mass is 10.3. The molecule has 0 radical (unpaired) electrons. The van der Waals surface area contributed by atoms with Crippen molar-refractivity contribution < 1.29 is 3.89 Å². The van der Waals surface area contributed by atoms with Crippen molar-refractivity contribution in [1.29, 1.82) is 0 Å². The second-order valence-corrected chi connectivity index (χ2v) is 2.51. The summed E-state index contributed by atoms with van der Waals surface area (Å²) in [7, 11) is 0. The summed E-state index contributed by atoms with van der Waals surface area (Å²) in [6.07, 6.45) is 1.53. The van der Waals surface area contributed by atoms with Gasteiger partial charge in [-0.2, -0.15) is 9.19 Å². The summed E-state index contributed by atoms with van der Waals surface area (Å²) in [5.74, 6) is 0. The predicted molar refractivity (Wildman–Crippen MR) is 38.9 cm³/mol. The molecule has 2 N–H and O–H groups in total. The molecule has 0 spiro atoms. The van der Waals surface area contributed by atoms with Crippen LogP contribution in [0.15, 0.2) is 12.3 Å². The molecule has 0 bridgehead atoms. The van der Waals surface area contributed by atoms with Crippen LogP contribution in [0.1, 0.15) is 18.7 Å². The molecule has 10 heavy (non-hydrogen) atoms. The Morgan fingerprint density at radius 3 is 2.90 bits per heavy atom. The molecule has 3 nitrogen and oxygen atoms in total. The summed E-state index contributed by atoms with van der Waals surface area (Å²) in [4.78, 5) is 0. The van der Waals surface area contributed by atoms with Gasteiger partial charge in [-0.05, 0) is 13.0 Å². The highest BCUT2D eigenvalue weighted by Crippen LogP contribution is 2.10. The average Bonchev–Trinajstić information content (AvgIpc) is 2.34. The van der Waals surface area contributed by atoms with Crippen LogP contribution in [0.2, 0.25) is 0 Å². The third-order valence-corrected chi connectivity index (χ3v) is 1.47. The van der Waals surface area contributed by atoms with Gasteiger partial charge in [-0.1, -0.05) is 0 Å². The van der Waals surface area contributed by atoms with Crippen LogP contribution in [-0.4, -0.2) is 9.19 Å². The Kier molecular flexibility index (Phi) is 2.29. The van der Waals surface area contributed by atoms with E-state index in [1.807, 2.05) is 0 Å². The van der Waals surface area contributed by atoms with E-state index in [1.165, 1.54) is 6.20 Å². The maximum absolute atomic E-state index is 11.8. The second kappa shape index (κ2) is 3.03. The van der Waals surface area contributed by atoms with Gasteiger partial charge in [-0.3, -0.25) is 0 Å². The van der Waals surface area contributed by atoms with Gasteiger partial charge >= 0.3 is 0 Å². The zero-order valence-electron chi connectivity index (χ0n) is 5.49. The molecule has 1 aromatic heterocycles. The van der Waals surface area contributed by atoms with Crippen molar-refractivity contribution in [3.63, 3.8) is 0 Å². The maximum Gasteiger partial charge on any atom is 0.187 e. The van der Waals surface area contributed by atoms with Crippen LogP contribution >= 0.6 is 12.3 Å². The zero-order chi connectivity index (χ0) is 7.56. The summed E-state index contributed by atoms with van der Waals surface area (Å²) in [6, 6.07) is 1.56. The molecule has 0 aliphatic rings. The van der Waals surface area contributed by atoms with Crippen molar-refractivity contribution in [1.82, 2.24) is 9.19 Å². The predicted octanol–water partition coefficient (Wildman–Crippen LogP) is 1.28. The molecule has 1 rings (SSSR count). The Labute approximate surface area is 62.8 Å². The van der Waals surface area contributed by atoms with E-state index in [-0.39, 0.29) is 18.4 Å². The van der Waals surface area contributed by atoms with E-state index in [9.17, 15) is 3.89 Å². The fourth-order valence-corrected chi connectivity index (χ4v) is 0.834. The van der Waals surface area contributed by atoms with Crippen molar-refractivity contribution in [2.45, 2.75) is 13.0 Å². The fraction of sp³-hybridized carbons (Fsp3) is 0.400. The van der Waals surface area contributed by atoms with E-state index in [4.69, 9.17) is 5.73 Å². The first-order valence-corrected chi connectivity index (χ1v) is 3.51. The van der Waals surface area contributed by atoms with Gasteiger partial charge in [-0.15, -0.1) is 3.89 Å². The smallest absolute Gasteiger partial charge is 0.187 e. The van der Waals surface area contributed by atoms with Crippen molar-refractivity contribution in [2.75, 3.05) is 0 Å². The number of rotatable bonds is 2. The van der Waals surface area contributed by atoms with Crippen molar-refractivity contribution >= 4 is 12.3 Å². The largest absolute Gasteiger partial charge is 0.323 e. The van der Waals surface area contributed by atoms with E-state index in [0.717, 1.165) is 4.09 Å². The molecular weight excluding hydrogens is 153 g/mol. The number of halogens is 1. The lowest BCUT2D eigenvalue weighted by Crippen LogP contribution is -2.05. The molecule has 5 heteroatoms. The van der Waals surface area contributed by atoms with Crippen molar-refractivity contribution in [3.05, 3.63) is 18.0 Å². The van der Waals surface area contributed by atoms with Crippen LogP contribution < -0.4 is 5.73 Å². The van der Waals surface area contributed by atoms with Crippen LogP contribution in [0, 0.1) is 0 Å². The quantitative estimate of drug-likeness (QED) is 0.710. The summed E-state index contributed by atoms with van der Waals surface area (Å²) in [6.45, 7) is 1.80. The topological polar surface area (TPSA) is 43.8 Å². The Morgan fingerprint density at radius 2 is 2.60 bits per heavy atom. The number of aromatic nitrogens is 2. The zero-order valence-corrected chi connectivity index (χ0v) is 6.31. The lowest BCUT2D eigenvalue weighted by Gasteiger charge is -1.96. The monoisotopic (exact) mass is 161 g/mol. The molecule has 0 saturated carbocycles. The maximum atomic E-state index is 11.8. The van der Waals surface area contributed by atoms with E-state index in [2.05, 4.69) is 5.10 Å². The Morgan fingerprint density at radius 1 is 1.90 bits per heavy atom. The third kappa shape index (κ3) is 1.48. The normalized spacial score (nSPS) is 13.5. The molecule has 0 fully saturated rings. The van der Waals surface area contributed by atoms with Crippen molar-refractivity contribution in [3.8, 4) is 0 Å². The van der Waals surface area contributed by atoms with E-state index >= 15 is 0 Å². The molecule has 0 saturated heterocycles. The van der Waals surface area contributed by atoms with Crippen LogP contribution in [0.5, 0.6) is 0 Å². The first kappa shape index (κ1) is 7.56. The molecule has 0 amide bonds. The number of hydrogen-bond acceptors (Lipinski definition) is 3. The van der Waals surface area contributed by atoms with E-state index < -0.39 is 0 Å². The lowest BCUT2D eigenvalue weighted by molar-refractivity contribution is 0.757. The van der Waals surface area contributed by atoms with Gasteiger partial charge < -0.3 is 5.73 Å². The highest BCUT2D eigenvalue weighted by Gasteiger charge is 2.02. The molecular formula is C5H8FN3S. The van der Waals surface area contributed by atoms with E-state index in [1.54, 1.807) is 13.0 Å². The van der Waals surface area contributed by atoms with Crippen molar-refractivity contribution in [2.24, 2.45) is 5.73 Å². The summed E-state index contributed by atoms with van der Waals surface area (Å²) in [5.41, 5.74) is 6.17. The molecule has 1 aromatic rings. The van der Waals surface area contributed by atoms with Gasteiger partial charge in [-0.25, -0.2) is 0 Å². The molecule has 0 aliphatic carbocycles. The van der Waals surface area contributed by atoms with Gasteiger partial charge in [0.1, 0.15) is 0 Å². The molecule has 0 aromatic carbocycles. The molecule has 0 aliphatic heterocycles. The highest BCUT2D eigenvalue weighted by molar-refractivity contribution is 7.92. The minimum Gasteiger partial charge on any atom is -0.323 e. The van der Waals surface area contributed by atoms with E-state index in [0.29, 0.717) is 5.69 Å². The third-order valence-electron chi connectivity index (χ3n) is 1.12. The van der Waals surface area contributed by atoms with Gasteiger partial charge in [0.2, 0.25) is 0 Å². The van der Waals surface area contributed by atoms with Gasteiger partial charge in [0, 0.05) is 12.2 Å². The average molecular weight is 161 g/mol. The summed E-state index contributed by atoms with van der Waals surface area (Å²) in [5, 5.41) is 3.81. The van der Waals surface area contributed by atoms with Crippen LogP contribution in [0.4, 0.5) is 3.89 Å². The molecule has 1 unspecified atom stereocenters. The number of nitrogens with zero attached hydrogens (tertiary/aromatic N) is 2. The number of nitrogens with two attached hydrogens (primary N) is 1. The standard InChI is InChI=1S/C5H8FN3S/c1-4(7)5-2-3-9(8-5)10-6/h2-4H,7H2,1H3. The van der Waals surface area contributed by atoms with Gasteiger partial charge in [0.05, 0.1) is 5.69 Å². The van der Waals surface area contributed by atoms with Crippen LogP contribution in [0.3, 0.4) is 0 Å². The summed E-state index contributed by atoms with van der Waals surface area (Å²) >= 11 is 0.0570. The summed E-state index contributed by atoms with van der Waals surface area (Å²) < 4.78 is 12.9. The van der Waals surface area contributed by atoms with Crippen LogP contribution in [0.25, 0.3) is 0 Å². The SMILES string of the molecule is CC(N)c1ccn(SF)n1. The Hall–Kier alpha value is -0.550. The van der Waals surface area contributed by atoms with Crippen LogP contribution in [-0.2, 0) is 0 Å². The molecule has 56 valence electrons. The Balaban J connectivity index is 2.78. The minimum atomic E-state index is -0.131. The number of hydrogen-bond donors (Lipinski definition) is 1. The Bertz CT molecular complexity index is 210. The first-order valence-electron chi connectivity index (χ1n) is 2.84. The van der Waals surface area contributed by atoms with Gasteiger partial charge in [0.15, 0.2) is 12.3 Å². The fourth-order valence-electron chi connectivity index (χ4n) is 0.602.